The van der Waals surface area contributed by atoms with E-state index in [-0.39, 0.29) is 28.0 Å². The van der Waals surface area contributed by atoms with Crippen LogP contribution in [0.15, 0.2) is 66.2 Å². The Morgan fingerprint density at radius 3 is 2.35 bits per heavy atom. The molecule has 37 heavy (non-hydrogen) atoms. The lowest BCUT2D eigenvalue weighted by Gasteiger charge is -2.27. The molecule has 1 heterocycles. The molecule has 6 nitrogen and oxygen atoms in total. The predicted molar refractivity (Wildman–Crippen MR) is 133 cm³/mol. The lowest BCUT2D eigenvalue weighted by atomic mass is 10.1. The zero-order valence-electron chi connectivity index (χ0n) is 18.4. The van der Waals surface area contributed by atoms with Gasteiger partial charge in [0.15, 0.2) is 0 Å². The molecule has 3 aromatic rings. The summed E-state index contributed by atoms with van der Waals surface area (Å²) >= 11 is 18.3. The van der Waals surface area contributed by atoms with Gasteiger partial charge in [-0.05, 0) is 48.5 Å². The first-order valence-corrected chi connectivity index (χ1v) is 11.5. The zero-order chi connectivity index (χ0) is 26.9. The molecule has 0 aliphatic carbocycles. The number of halogens is 6. The topological polar surface area (TPSA) is 75.7 Å². The van der Waals surface area contributed by atoms with Gasteiger partial charge in [-0.2, -0.15) is 13.2 Å². The Kier molecular flexibility index (Phi) is 7.49. The summed E-state index contributed by atoms with van der Waals surface area (Å²) in [7, 11) is 0. The molecule has 1 N–H and O–H groups in total. The highest BCUT2D eigenvalue weighted by Crippen LogP contribution is 2.37. The van der Waals surface area contributed by atoms with Gasteiger partial charge in [-0.3, -0.25) is 14.9 Å². The van der Waals surface area contributed by atoms with Crippen molar-refractivity contribution in [3.8, 4) is 5.75 Å². The lowest BCUT2D eigenvalue weighted by Crippen LogP contribution is -2.54. The van der Waals surface area contributed by atoms with E-state index in [0.29, 0.717) is 27.6 Å². The number of benzene rings is 3. The fourth-order valence-corrected chi connectivity index (χ4v) is 4.00. The highest BCUT2D eigenvalue weighted by Gasteiger charge is 2.39. The average Bonchev–Trinajstić information content (AvgIpc) is 2.82. The Morgan fingerprint density at radius 2 is 1.65 bits per heavy atom. The summed E-state index contributed by atoms with van der Waals surface area (Å²) < 4.78 is 45.5. The molecule has 12 heteroatoms. The van der Waals surface area contributed by atoms with Gasteiger partial charge in [0.2, 0.25) is 0 Å². The molecule has 0 bridgehead atoms. The van der Waals surface area contributed by atoms with Crippen molar-refractivity contribution in [1.29, 1.82) is 0 Å². The molecule has 1 aliphatic rings. The molecule has 1 fully saturated rings. The van der Waals surface area contributed by atoms with E-state index >= 15 is 0 Å². The Labute approximate surface area is 223 Å². The molecule has 0 atom stereocenters. The molecule has 0 spiro atoms. The minimum absolute atomic E-state index is 0.0437. The highest BCUT2D eigenvalue weighted by atomic mass is 35.5. The van der Waals surface area contributed by atoms with Gasteiger partial charge in [-0.25, -0.2) is 9.69 Å². The number of hydrogen-bond donors (Lipinski definition) is 1. The van der Waals surface area contributed by atoms with Crippen molar-refractivity contribution in [2.45, 2.75) is 12.8 Å². The number of barbiturate groups is 1. The van der Waals surface area contributed by atoms with E-state index in [1.165, 1.54) is 18.2 Å². The van der Waals surface area contributed by atoms with Crippen LogP contribution in [0.5, 0.6) is 5.75 Å². The first-order chi connectivity index (χ1) is 17.5. The second-order valence-corrected chi connectivity index (χ2v) is 8.93. The van der Waals surface area contributed by atoms with Crippen LogP contribution in [0, 0.1) is 0 Å². The number of nitrogens with one attached hydrogen (secondary N) is 1. The number of alkyl halides is 3. The summed E-state index contributed by atoms with van der Waals surface area (Å²) in [5.74, 6) is -2.03. The SMILES string of the molecule is O=C1NC(=O)N(c2cc(C(F)(F)F)ccc2Cl)C(=O)/C1=C\c1cc(Cl)ccc1OCc1ccccc1Cl. The van der Waals surface area contributed by atoms with Gasteiger partial charge in [0.05, 0.1) is 16.3 Å². The van der Waals surface area contributed by atoms with Crippen LogP contribution in [-0.4, -0.2) is 17.8 Å². The molecule has 4 rings (SSSR count). The summed E-state index contributed by atoms with van der Waals surface area (Å²) in [4.78, 5) is 38.7. The molecule has 190 valence electrons. The Bertz CT molecular complexity index is 1460. The van der Waals surface area contributed by atoms with E-state index in [0.717, 1.165) is 12.1 Å². The van der Waals surface area contributed by atoms with E-state index in [4.69, 9.17) is 39.5 Å². The van der Waals surface area contributed by atoms with Gasteiger partial charge in [-0.15, -0.1) is 0 Å². The summed E-state index contributed by atoms with van der Waals surface area (Å²) in [6.45, 7) is 0.0437. The third-order valence-electron chi connectivity index (χ3n) is 5.23. The first kappa shape index (κ1) is 26.5. The summed E-state index contributed by atoms with van der Waals surface area (Å²) in [5, 5.41) is 2.34. The maximum absolute atomic E-state index is 13.2. The molecule has 0 radical (unpaired) electrons. The fraction of sp³-hybridized carbons (Fsp3) is 0.0800. The molecule has 1 aliphatic heterocycles. The number of imide groups is 2. The number of urea groups is 1. The van der Waals surface area contributed by atoms with E-state index < -0.39 is 40.8 Å². The van der Waals surface area contributed by atoms with Crippen molar-refractivity contribution < 1.29 is 32.3 Å². The largest absolute Gasteiger partial charge is 0.488 e. The number of hydrogen-bond acceptors (Lipinski definition) is 4. The third kappa shape index (κ3) is 5.74. The second kappa shape index (κ2) is 10.5. The van der Waals surface area contributed by atoms with Gasteiger partial charge in [0, 0.05) is 21.2 Å². The standard InChI is InChI=1S/C25H14Cl3F3N2O4/c26-16-6-8-21(37-12-13-3-1-2-4-18(13)27)14(9-16)10-17-22(34)32-24(36)33(23(17)35)20-11-15(25(29,30)31)5-7-19(20)28/h1-11H,12H2,(H,32,34,36)/b17-10-. The van der Waals surface area contributed by atoms with Crippen LogP contribution in [0.4, 0.5) is 23.7 Å². The van der Waals surface area contributed by atoms with Crippen LogP contribution in [0.25, 0.3) is 6.08 Å². The van der Waals surface area contributed by atoms with Gasteiger partial charge < -0.3 is 4.74 Å². The molecule has 4 amide bonds. The van der Waals surface area contributed by atoms with Crippen molar-refractivity contribution in [2.75, 3.05) is 4.90 Å². The molecule has 0 aromatic heterocycles. The quantitative estimate of drug-likeness (QED) is 0.268. The molecular formula is C25H14Cl3F3N2O4. The zero-order valence-corrected chi connectivity index (χ0v) is 20.7. The maximum atomic E-state index is 13.2. The highest BCUT2D eigenvalue weighted by molar-refractivity contribution is 6.42. The molecule has 3 aromatic carbocycles. The molecule has 0 saturated carbocycles. The number of carbonyl (C=O) groups excluding carboxylic acids is 3. The van der Waals surface area contributed by atoms with Crippen molar-refractivity contribution in [3.05, 3.63) is 98.0 Å². The molecular weight excluding hydrogens is 556 g/mol. The van der Waals surface area contributed by atoms with Crippen LogP contribution >= 0.6 is 34.8 Å². The van der Waals surface area contributed by atoms with Gasteiger partial charge in [0.25, 0.3) is 11.8 Å². The van der Waals surface area contributed by atoms with E-state index in [1.807, 2.05) is 5.32 Å². The fourth-order valence-electron chi connectivity index (χ4n) is 3.43. The number of ether oxygens (including phenoxy) is 1. The predicted octanol–water partition coefficient (Wildman–Crippen LogP) is 6.91. The molecule has 1 saturated heterocycles. The van der Waals surface area contributed by atoms with E-state index in [2.05, 4.69) is 0 Å². The normalized spacial score (nSPS) is 15.2. The maximum Gasteiger partial charge on any atom is 0.416 e. The average molecular weight is 570 g/mol. The Morgan fingerprint density at radius 1 is 0.919 bits per heavy atom. The number of rotatable bonds is 5. The second-order valence-electron chi connectivity index (χ2n) is 7.68. The van der Waals surface area contributed by atoms with Crippen LogP contribution in [0.1, 0.15) is 16.7 Å². The summed E-state index contributed by atoms with van der Waals surface area (Å²) in [6, 6.07) is 12.3. The smallest absolute Gasteiger partial charge is 0.416 e. The summed E-state index contributed by atoms with van der Waals surface area (Å²) in [6.07, 6.45) is -3.65. The minimum atomic E-state index is -4.77. The van der Waals surface area contributed by atoms with Crippen molar-refractivity contribution in [2.24, 2.45) is 0 Å². The van der Waals surface area contributed by atoms with Crippen molar-refractivity contribution >= 4 is 64.4 Å². The lowest BCUT2D eigenvalue weighted by molar-refractivity contribution is -0.137. The molecule has 0 unspecified atom stereocenters. The summed E-state index contributed by atoms with van der Waals surface area (Å²) in [5.41, 5.74) is -1.38. The van der Waals surface area contributed by atoms with Crippen LogP contribution in [0.2, 0.25) is 15.1 Å². The van der Waals surface area contributed by atoms with Crippen LogP contribution in [0.3, 0.4) is 0 Å². The third-order valence-corrected chi connectivity index (χ3v) is 6.15. The van der Waals surface area contributed by atoms with Crippen molar-refractivity contribution in [3.63, 3.8) is 0 Å². The van der Waals surface area contributed by atoms with E-state index in [1.54, 1.807) is 24.3 Å². The van der Waals surface area contributed by atoms with Gasteiger partial charge in [-0.1, -0.05) is 53.0 Å². The minimum Gasteiger partial charge on any atom is -0.488 e. The van der Waals surface area contributed by atoms with E-state index in [9.17, 15) is 27.6 Å². The van der Waals surface area contributed by atoms with Gasteiger partial charge >= 0.3 is 12.2 Å². The van der Waals surface area contributed by atoms with Crippen molar-refractivity contribution in [1.82, 2.24) is 5.32 Å². The Hall–Kier alpha value is -3.53. The number of carbonyl (C=O) groups is 3. The monoisotopic (exact) mass is 568 g/mol. The van der Waals surface area contributed by atoms with Gasteiger partial charge in [0.1, 0.15) is 17.9 Å². The van der Waals surface area contributed by atoms with Crippen LogP contribution in [-0.2, 0) is 22.4 Å². The number of amides is 4. The number of anilines is 1. The number of nitrogens with zero attached hydrogens (tertiary/aromatic N) is 1. The Balaban J connectivity index is 1.72. The first-order valence-electron chi connectivity index (χ1n) is 10.4. The van der Waals surface area contributed by atoms with Crippen LogP contribution < -0.4 is 15.0 Å².